The van der Waals surface area contributed by atoms with E-state index < -0.39 is 23.6 Å². The highest BCUT2D eigenvalue weighted by Gasteiger charge is 2.27. The summed E-state index contributed by atoms with van der Waals surface area (Å²) in [6.07, 6.45) is 0.176. The van der Waals surface area contributed by atoms with Crippen LogP contribution in [-0.2, 0) is 27.2 Å². The van der Waals surface area contributed by atoms with Gasteiger partial charge in [0.15, 0.2) is 0 Å². The molecule has 0 aliphatic rings. The van der Waals surface area contributed by atoms with Gasteiger partial charge in [0.1, 0.15) is 17.4 Å². The lowest BCUT2D eigenvalue weighted by molar-refractivity contribution is -0.136. The first kappa shape index (κ1) is 25.7. The molecule has 2 aromatic carbocycles. The zero-order valence-electron chi connectivity index (χ0n) is 19.6. The van der Waals surface area contributed by atoms with Crippen molar-refractivity contribution >= 4 is 17.9 Å². The quantitative estimate of drug-likeness (QED) is 0.539. The van der Waals surface area contributed by atoms with E-state index in [9.17, 15) is 19.5 Å². The van der Waals surface area contributed by atoms with Gasteiger partial charge in [-0.25, -0.2) is 4.79 Å². The monoisotopic (exact) mass is 455 g/mol. The van der Waals surface area contributed by atoms with Crippen LogP contribution in [-0.4, -0.2) is 59.7 Å². The molecule has 0 radical (unpaired) electrons. The summed E-state index contributed by atoms with van der Waals surface area (Å²) in [7, 11) is 1.52. The second-order valence-electron chi connectivity index (χ2n) is 8.85. The Hall–Kier alpha value is -3.55. The zero-order valence-corrected chi connectivity index (χ0v) is 19.6. The summed E-state index contributed by atoms with van der Waals surface area (Å²) in [5.74, 6) is -0.508. The van der Waals surface area contributed by atoms with Crippen LogP contribution in [0, 0.1) is 0 Å². The van der Waals surface area contributed by atoms with Gasteiger partial charge in [0.2, 0.25) is 11.8 Å². The molecule has 0 heterocycles. The molecule has 8 heteroatoms. The number of phenols is 1. The maximum Gasteiger partial charge on any atom is 0.408 e. The Balaban J connectivity index is 1.94. The molecule has 2 aromatic rings. The number of amides is 3. The van der Waals surface area contributed by atoms with Crippen LogP contribution < -0.4 is 10.6 Å². The van der Waals surface area contributed by atoms with Gasteiger partial charge in [0, 0.05) is 20.0 Å². The molecule has 0 bridgehead atoms. The molecule has 0 saturated heterocycles. The van der Waals surface area contributed by atoms with Gasteiger partial charge in [-0.15, -0.1) is 0 Å². The Bertz CT molecular complexity index is 923. The minimum atomic E-state index is -0.878. The molecular weight excluding hydrogens is 422 g/mol. The van der Waals surface area contributed by atoms with Gasteiger partial charge >= 0.3 is 6.09 Å². The average molecular weight is 456 g/mol. The molecule has 33 heavy (non-hydrogen) atoms. The third kappa shape index (κ3) is 9.64. The second-order valence-corrected chi connectivity index (χ2v) is 8.85. The Kier molecular flexibility index (Phi) is 9.27. The predicted octanol–water partition coefficient (Wildman–Crippen LogP) is 2.65. The van der Waals surface area contributed by atoms with Gasteiger partial charge < -0.3 is 25.4 Å². The SMILES string of the molecule is CN(CC(=O)NCCc1ccc(O)cc1)C(=O)[C@H](Cc1ccccc1)NC(=O)OC(C)(C)C. The Labute approximate surface area is 194 Å². The molecular formula is C25H33N3O5. The van der Waals surface area contributed by atoms with Gasteiger partial charge in [-0.2, -0.15) is 0 Å². The van der Waals surface area contributed by atoms with E-state index in [1.54, 1.807) is 45.0 Å². The lowest BCUT2D eigenvalue weighted by Gasteiger charge is -2.26. The number of carbonyl (C=O) groups is 3. The fourth-order valence-electron chi connectivity index (χ4n) is 3.12. The van der Waals surface area contributed by atoms with Crippen molar-refractivity contribution < 1.29 is 24.2 Å². The fraction of sp³-hybridized carbons (Fsp3) is 0.400. The highest BCUT2D eigenvalue weighted by Crippen LogP contribution is 2.11. The average Bonchev–Trinajstić information content (AvgIpc) is 2.73. The maximum absolute atomic E-state index is 13.1. The smallest absolute Gasteiger partial charge is 0.408 e. The number of rotatable bonds is 9. The standard InChI is InChI=1S/C25H33N3O5/c1-25(2,3)33-24(32)27-21(16-19-8-6-5-7-9-19)23(31)28(4)17-22(30)26-15-14-18-10-12-20(29)13-11-18/h5-13,21,29H,14-17H2,1-4H3,(H,26,30)(H,27,32)/t21-/m0/s1. The largest absolute Gasteiger partial charge is 0.508 e. The number of nitrogens with one attached hydrogen (secondary N) is 2. The van der Waals surface area contributed by atoms with E-state index in [2.05, 4.69) is 10.6 Å². The number of likely N-dealkylation sites (N-methyl/N-ethyl adjacent to an activating group) is 1. The van der Waals surface area contributed by atoms with E-state index in [0.717, 1.165) is 11.1 Å². The van der Waals surface area contributed by atoms with Crippen molar-refractivity contribution in [2.24, 2.45) is 0 Å². The van der Waals surface area contributed by atoms with Gasteiger partial charge in [0.05, 0.1) is 6.54 Å². The van der Waals surface area contributed by atoms with Crippen LogP contribution >= 0.6 is 0 Å². The zero-order chi connectivity index (χ0) is 24.4. The van der Waals surface area contributed by atoms with Gasteiger partial charge in [0.25, 0.3) is 0 Å². The summed E-state index contributed by atoms with van der Waals surface area (Å²) in [4.78, 5) is 39.0. The van der Waals surface area contributed by atoms with Gasteiger partial charge in [-0.3, -0.25) is 9.59 Å². The van der Waals surface area contributed by atoms with Crippen LogP contribution in [0.2, 0.25) is 0 Å². The van der Waals surface area contributed by atoms with Crippen LogP contribution in [0.5, 0.6) is 5.75 Å². The lowest BCUT2D eigenvalue weighted by Crippen LogP contribution is -2.51. The number of phenolic OH excluding ortho intramolecular Hbond substituents is 1. The number of benzene rings is 2. The summed E-state index contributed by atoms with van der Waals surface area (Å²) >= 11 is 0. The number of hydrogen-bond donors (Lipinski definition) is 3. The van der Waals surface area contributed by atoms with E-state index in [1.807, 2.05) is 30.3 Å². The van der Waals surface area contributed by atoms with Crippen LogP contribution in [0.15, 0.2) is 54.6 Å². The summed E-state index contributed by atoms with van der Waals surface area (Å²) in [6, 6.07) is 15.2. The molecule has 3 N–H and O–H groups in total. The number of aromatic hydroxyl groups is 1. The third-order valence-corrected chi connectivity index (χ3v) is 4.70. The van der Waals surface area contributed by atoms with Gasteiger partial charge in [-0.05, 0) is 50.5 Å². The van der Waals surface area contributed by atoms with Crippen LogP contribution in [0.25, 0.3) is 0 Å². The van der Waals surface area contributed by atoms with Crippen molar-refractivity contribution in [2.45, 2.75) is 45.3 Å². The first-order chi connectivity index (χ1) is 15.5. The van der Waals surface area contributed by atoms with Crippen molar-refractivity contribution in [2.75, 3.05) is 20.1 Å². The predicted molar refractivity (Wildman–Crippen MR) is 126 cm³/mol. The highest BCUT2D eigenvalue weighted by atomic mass is 16.6. The Morgan fingerprint density at radius 1 is 1.00 bits per heavy atom. The molecule has 178 valence electrons. The molecule has 3 amide bonds. The molecule has 0 spiro atoms. The first-order valence-corrected chi connectivity index (χ1v) is 10.9. The fourth-order valence-corrected chi connectivity index (χ4v) is 3.12. The normalized spacial score (nSPS) is 11.9. The van der Waals surface area contributed by atoms with Crippen molar-refractivity contribution in [3.8, 4) is 5.75 Å². The number of nitrogens with zero attached hydrogens (tertiary/aromatic N) is 1. The Morgan fingerprint density at radius 3 is 2.24 bits per heavy atom. The van der Waals surface area contributed by atoms with E-state index in [1.165, 1.54) is 11.9 Å². The summed E-state index contributed by atoms with van der Waals surface area (Å²) in [5.41, 5.74) is 1.15. The molecule has 8 nitrogen and oxygen atoms in total. The number of alkyl carbamates (subject to hydrolysis) is 1. The lowest BCUT2D eigenvalue weighted by atomic mass is 10.0. The van der Waals surface area contributed by atoms with Crippen molar-refractivity contribution in [1.29, 1.82) is 0 Å². The van der Waals surface area contributed by atoms with Crippen LogP contribution in [0.3, 0.4) is 0 Å². The van der Waals surface area contributed by atoms with E-state index >= 15 is 0 Å². The van der Waals surface area contributed by atoms with E-state index in [4.69, 9.17) is 4.74 Å². The number of ether oxygens (including phenoxy) is 1. The molecule has 0 saturated carbocycles. The minimum Gasteiger partial charge on any atom is -0.508 e. The Morgan fingerprint density at radius 2 is 1.64 bits per heavy atom. The topological polar surface area (TPSA) is 108 Å². The van der Waals surface area contributed by atoms with Crippen molar-refractivity contribution in [3.05, 3.63) is 65.7 Å². The molecule has 2 rings (SSSR count). The van der Waals surface area contributed by atoms with Gasteiger partial charge in [-0.1, -0.05) is 42.5 Å². The van der Waals surface area contributed by atoms with E-state index in [-0.39, 0.29) is 24.6 Å². The van der Waals surface area contributed by atoms with Crippen molar-refractivity contribution in [1.82, 2.24) is 15.5 Å². The first-order valence-electron chi connectivity index (χ1n) is 10.9. The molecule has 0 fully saturated rings. The number of carbonyl (C=O) groups excluding carboxylic acids is 3. The van der Waals surface area contributed by atoms with E-state index in [0.29, 0.717) is 13.0 Å². The number of hydrogen-bond acceptors (Lipinski definition) is 5. The third-order valence-electron chi connectivity index (χ3n) is 4.70. The molecule has 0 aromatic heterocycles. The molecule has 1 atom stereocenters. The van der Waals surface area contributed by atoms with Crippen LogP contribution in [0.1, 0.15) is 31.9 Å². The summed E-state index contributed by atoms with van der Waals surface area (Å²) < 4.78 is 5.30. The maximum atomic E-state index is 13.1. The summed E-state index contributed by atoms with van der Waals surface area (Å²) in [5, 5.41) is 14.8. The second kappa shape index (κ2) is 11.9. The summed E-state index contributed by atoms with van der Waals surface area (Å²) in [6.45, 7) is 5.49. The minimum absolute atomic E-state index is 0.143. The van der Waals surface area contributed by atoms with Crippen LogP contribution in [0.4, 0.5) is 4.79 Å². The highest BCUT2D eigenvalue weighted by molar-refractivity contribution is 5.89. The molecule has 0 unspecified atom stereocenters. The van der Waals surface area contributed by atoms with Crippen molar-refractivity contribution in [3.63, 3.8) is 0 Å². The molecule has 0 aliphatic heterocycles. The molecule has 0 aliphatic carbocycles.